The minimum atomic E-state index is -2.20. The summed E-state index contributed by atoms with van der Waals surface area (Å²) in [5.74, 6) is 8.62. The Morgan fingerprint density at radius 1 is 0.703 bits per heavy atom. The van der Waals surface area contributed by atoms with Crippen LogP contribution in [-0.2, 0) is 5.41 Å². The van der Waals surface area contributed by atoms with E-state index in [1.165, 1.54) is 20.7 Å². The van der Waals surface area contributed by atoms with Crippen molar-refractivity contribution >= 4 is 28.4 Å². The molecule has 2 heterocycles. The van der Waals surface area contributed by atoms with Gasteiger partial charge in [0.1, 0.15) is 0 Å². The average Bonchev–Trinajstić information content (AvgIpc) is 2.87. The summed E-state index contributed by atoms with van der Waals surface area (Å²) in [4.78, 5) is 9.52. The fourth-order valence-corrected chi connectivity index (χ4v) is 6.95. The quantitative estimate of drug-likeness (QED) is 0.207. The van der Waals surface area contributed by atoms with Crippen LogP contribution >= 0.6 is 0 Å². The molecule has 0 bridgehead atoms. The molecule has 0 fully saturated rings. The maximum atomic E-state index is 6.41. The summed E-state index contributed by atoms with van der Waals surface area (Å²) < 4.78 is 7.78. The van der Waals surface area contributed by atoms with Gasteiger partial charge in [-0.25, -0.2) is 0 Å². The van der Waals surface area contributed by atoms with Gasteiger partial charge in [0, 0.05) is 0 Å². The van der Waals surface area contributed by atoms with Crippen molar-refractivity contribution in [2.24, 2.45) is 0 Å². The van der Waals surface area contributed by atoms with Crippen LogP contribution in [0, 0.1) is 0 Å². The molecule has 0 saturated carbocycles. The molecule has 5 rings (SSSR count). The number of benzene rings is 3. The van der Waals surface area contributed by atoms with Crippen molar-refractivity contribution in [3.63, 3.8) is 0 Å². The molecule has 3 nitrogen and oxygen atoms in total. The zero-order chi connectivity index (χ0) is 26.2. The topological polar surface area (TPSA) is 35.0 Å². The Kier molecular flexibility index (Phi) is 6.67. The van der Waals surface area contributed by atoms with Crippen molar-refractivity contribution in [1.29, 1.82) is 0 Å². The number of hydrogen-bond acceptors (Lipinski definition) is 3. The van der Waals surface area contributed by atoms with Crippen LogP contribution in [0.4, 0.5) is 0 Å². The number of nitrogens with zero attached hydrogens (tertiary/aromatic N) is 2. The third-order valence-electron chi connectivity index (χ3n) is 6.65. The summed E-state index contributed by atoms with van der Waals surface area (Å²) in [6.45, 7) is 6.82. The maximum absolute atomic E-state index is 6.41. The van der Waals surface area contributed by atoms with Crippen LogP contribution in [0.25, 0.3) is 33.3 Å². The van der Waals surface area contributed by atoms with Crippen LogP contribution in [0.5, 0.6) is 11.6 Å². The summed E-state index contributed by atoms with van der Waals surface area (Å²) in [6.07, 6.45) is 1.81. The van der Waals surface area contributed by atoms with Crippen molar-refractivity contribution in [2.75, 3.05) is 0 Å². The van der Waals surface area contributed by atoms with E-state index in [9.17, 15) is 0 Å². The van der Waals surface area contributed by atoms with E-state index in [0.29, 0.717) is 5.88 Å². The Morgan fingerprint density at radius 2 is 1.49 bits per heavy atom. The first-order valence-corrected chi connectivity index (χ1v) is 20.2. The van der Waals surface area contributed by atoms with Crippen LogP contribution in [0.15, 0.2) is 97.2 Å². The molecule has 4 heteroatoms. The van der Waals surface area contributed by atoms with E-state index < -0.39 is 13.3 Å². The van der Waals surface area contributed by atoms with Crippen LogP contribution in [-0.4, -0.2) is 23.2 Å². The van der Waals surface area contributed by atoms with Crippen molar-refractivity contribution in [2.45, 2.75) is 43.5 Å². The third-order valence-corrected chi connectivity index (χ3v) is 10.9. The molecule has 0 spiro atoms. The first-order valence-electron chi connectivity index (χ1n) is 12.8. The summed E-state index contributed by atoms with van der Waals surface area (Å²) in [5.41, 5.74) is 5.38. The van der Waals surface area contributed by atoms with Gasteiger partial charge in [-0.1, -0.05) is 0 Å². The van der Waals surface area contributed by atoms with Gasteiger partial charge in [0.25, 0.3) is 0 Å². The summed E-state index contributed by atoms with van der Waals surface area (Å²) in [5, 5.41) is 2.53. The average molecular weight is 547 g/mol. The minimum absolute atomic E-state index is 0.0142. The molecule has 0 atom stereocenters. The fraction of sp³-hybridized carbons (Fsp3) is 0.212. The van der Waals surface area contributed by atoms with E-state index in [0.717, 1.165) is 28.3 Å². The van der Waals surface area contributed by atoms with E-state index in [-0.39, 0.29) is 5.41 Å². The van der Waals surface area contributed by atoms with Gasteiger partial charge in [0.2, 0.25) is 0 Å². The second-order valence-corrected chi connectivity index (χ2v) is 22.3. The molecule has 5 aromatic rings. The molecule has 0 amide bonds. The Labute approximate surface area is 222 Å². The first kappa shape index (κ1) is 25.2. The van der Waals surface area contributed by atoms with Crippen LogP contribution in [0.3, 0.4) is 0 Å². The van der Waals surface area contributed by atoms with Crippen LogP contribution < -0.4 is 9.13 Å². The van der Waals surface area contributed by atoms with Gasteiger partial charge < -0.3 is 0 Å². The SMILES string of the molecule is CC(C)(C)c1cc(-c2c[c]([Ge]([CH3])([CH3])[CH3])cc(Oc3cccc(-c4ccccn4)c3)n2)cc2ccccc12. The molecule has 0 saturated heterocycles. The monoisotopic (exact) mass is 548 g/mol. The molecule has 0 aliphatic heterocycles. The molecule has 0 N–H and O–H groups in total. The van der Waals surface area contributed by atoms with Gasteiger partial charge >= 0.3 is 223 Å². The number of hydrogen-bond donors (Lipinski definition) is 0. The number of rotatable bonds is 5. The molecular formula is C33H34GeN2O. The first-order chi connectivity index (χ1) is 17.6. The molecule has 3 aromatic carbocycles. The second-order valence-electron chi connectivity index (χ2n) is 11.7. The summed E-state index contributed by atoms with van der Waals surface area (Å²) in [6, 6.07) is 31.6. The molecule has 0 aliphatic carbocycles. The summed E-state index contributed by atoms with van der Waals surface area (Å²) >= 11 is -2.20. The molecule has 0 aliphatic rings. The normalized spacial score (nSPS) is 12.1. The zero-order valence-electron chi connectivity index (χ0n) is 22.5. The third kappa shape index (κ3) is 5.62. The molecule has 0 unspecified atom stereocenters. The van der Waals surface area contributed by atoms with Crippen molar-refractivity contribution in [1.82, 2.24) is 9.97 Å². The van der Waals surface area contributed by atoms with Gasteiger partial charge in [-0.2, -0.15) is 0 Å². The molecule has 2 aromatic heterocycles. The van der Waals surface area contributed by atoms with E-state index in [2.05, 4.69) is 97.6 Å². The second kappa shape index (κ2) is 9.79. The standard InChI is InChI=1S/C33H34GeN2O/c1-33(2,3)29-20-25(18-23-12-7-8-15-28(23)29)31-21-26(34(4,5)6)22-32(36-31)37-27-14-11-13-24(19-27)30-16-9-10-17-35-30/h7-22H,1-6H3. The Hall–Kier alpha value is -3.44. The van der Waals surface area contributed by atoms with Gasteiger partial charge in [-0.05, 0) is 0 Å². The van der Waals surface area contributed by atoms with Gasteiger partial charge in [0.05, 0.1) is 0 Å². The van der Waals surface area contributed by atoms with Crippen molar-refractivity contribution in [3.8, 4) is 34.1 Å². The predicted molar refractivity (Wildman–Crippen MR) is 159 cm³/mol. The fourth-order valence-electron chi connectivity index (χ4n) is 4.59. The van der Waals surface area contributed by atoms with E-state index in [4.69, 9.17) is 9.72 Å². The Morgan fingerprint density at radius 3 is 2.22 bits per heavy atom. The van der Waals surface area contributed by atoms with E-state index in [1.54, 1.807) is 0 Å². The number of aromatic nitrogens is 2. The zero-order valence-corrected chi connectivity index (χ0v) is 24.6. The van der Waals surface area contributed by atoms with Crippen LogP contribution in [0.1, 0.15) is 26.3 Å². The van der Waals surface area contributed by atoms with Crippen molar-refractivity contribution < 1.29 is 4.74 Å². The number of ether oxygens (including phenoxy) is 1. The molecular weight excluding hydrogens is 513 g/mol. The van der Waals surface area contributed by atoms with E-state index in [1.807, 2.05) is 42.6 Å². The Bertz CT molecular complexity index is 1560. The van der Waals surface area contributed by atoms with Crippen molar-refractivity contribution in [3.05, 3.63) is 103 Å². The van der Waals surface area contributed by atoms with Gasteiger partial charge in [-0.3, -0.25) is 0 Å². The summed E-state index contributed by atoms with van der Waals surface area (Å²) in [7, 11) is 0. The molecule has 186 valence electrons. The van der Waals surface area contributed by atoms with Gasteiger partial charge in [-0.15, -0.1) is 0 Å². The number of pyridine rings is 2. The van der Waals surface area contributed by atoms with E-state index >= 15 is 0 Å². The Balaban J connectivity index is 1.61. The number of fused-ring (bicyclic) bond motifs is 1. The predicted octanol–water partition coefficient (Wildman–Crippen LogP) is 8.60. The van der Waals surface area contributed by atoms with Gasteiger partial charge in [0.15, 0.2) is 0 Å². The van der Waals surface area contributed by atoms with Crippen LogP contribution in [0.2, 0.25) is 17.3 Å². The molecule has 0 radical (unpaired) electrons. The molecule has 37 heavy (non-hydrogen) atoms.